The Kier molecular flexibility index (Phi) is 6.55. The highest BCUT2D eigenvalue weighted by Gasteiger charge is 2.15. The van der Waals surface area contributed by atoms with Gasteiger partial charge in [-0.1, -0.05) is 29.0 Å². The highest BCUT2D eigenvalue weighted by Crippen LogP contribution is 2.23. The van der Waals surface area contributed by atoms with E-state index in [4.69, 9.17) is 16.3 Å². The molecule has 1 N–H and O–H groups in total. The van der Waals surface area contributed by atoms with Crippen molar-refractivity contribution in [3.05, 3.63) is 82.1 Å². The molecule has 0 unspecified atom stereocenters. The van der Waals surface area contributed by atoms with Gasteiger partial charge in [-0.3, -0.25) is 9.52 Å². The van der Waals surface area contributed by atoms with E-state index in [1.807, 2.05) is 29.7 Å². The van der Waals surface area contributed by atoms with Gasteiger partial charge in [0.15, 0.2) is 4.80 Å². The van der Waals surface area contributed by atoms with Crippen LogP contribution in [0.1, 0.15) is 17.3 Å². The van der Waals surface area contributed by atoms with Crippen LogP contribution >= 0.6 is 22.9 Å². The van der Waals surface area contributed by atoms with Crippen molar-refractivity contribution in [2.75, 3.05) is 11.8 Å². The Balaban J connectivity index is 1.66. The fraction of sp³-hybridized carbons (Fsp3) is 0.130. The average molecular weight is 502 g/mol. The number of carbonyl (C=O) groups is 1. The molecule has 0 spiro atoms. The first-order valence-corrected chi connectivity index (χ1v) is 12.6. The number of nitrogens with one attached hydrogen (secondary N) is 1. The highest BCUT2D eigenvalue weighted by molar-refractivity contribution is 7.92. The number of fused-ring (bicyclic) bond motifs is 1. The molecule has 33 heavy (non-hydrogen) atoms. The van der Waals surface area contributed by atoms with Crippen molar-refractivity contribution in [1.29, 1.82) is 0 Å². The molecule has 3 aromatic carbocycles. The van der Waals surface area contributed by atoms with Crippen LogP contribution in [0.4, 0.5) is 5.69 Å². The minimum atomic E-state index is -3.83. The number of carbonyl (C=O) groups excluding carboxylic acids is 1. The minimum absolute atomic E-state index is 0.0676. The van der Waals surface area contributed by atoms with Crippen LogP contribution < -0.4 is 14.3 Å². The Morgan fingerprint density at radius 2 is 1.88 bits per heavy atom. The second-order valence-electron chi connectivity index (χ2n) is 7.02. The van der Waals surface area contributed by atoms with Crippen LogP contribution in [0, 0.1) is 0 Å². The molecule has 0 aliphatic heterocycles. The molecule has 0 aliphatic carbocycles. The summed E-state index contributed by atoms with van der Waals surface area (Å²) in [7, 11) is -2.23. The zero-order valence-corrected chi connectivity index (χ0v) is 20.2. The molecule has 4 rings (SSSR count). The lowest BCUT2D eigenvalue weighted by molar-refractivity contribution is 0.0998. The number of benzene rings is 3. The number of aromatic nitrogens is 1. The van der Waals surface area contributed by atoms with E-state index in [1.165, 1.54) is 41.7 Å². The standard InChI is InChI=1S/C23H20ClN3O4S2/c1-3-27-20-12-9-18(31-2)14-21(20)32-23(27)25-22(28)15-5-4-6-17(13-15)26-33(29,30)19-10-7-16(24)8-11-19/h4-14,26H,3H2,1-2H3. The van der Waals surface area contributed by atoms with Crippen molar-refractivity contribution in [2.24, 2.45) is 4.99 Å². The van der Waals surface area contributed by atoms with Gasteiger partial charge in [-0.15, -0.1) is 0 Å². The van der Waals surface area contributed by atoms with Crippen LogP contribution in [0.2, 0.25) is 5.02 Å². The maximum absolute atomic E-state index is 12.9. The molecule has 0 aliphatic rings. The van der Waals surface area contributed by atoms with E-state index in [2.05, 4.69) is 9.71 Å². The van der Waals surface area contributed by atoms with Crippen molar-refractivity contribution in [3.8, 4) is 5.75 Å². The van der Waals surface area contributed by atoms with Crippen LogP contribution in [0.25, 0.3) is 10.2 Å². The maximum Gasteiger partial charge on any atom is 0.279 e. The van der Waals surface area contributed by atoms with Gasteiger partial charge in [0, 0.05) is 22.8 Å². The Labute approximate surface area is 200 Å². The lowest BCUT2D eigenvalue weighted by Crippen LogP contribution is -2.16. The molecular formula is C23H20ClN3O4S2. The molecule has 0 bridgehead atoms. The van der Waals surface area contributed by atoms with E-state index < -0.39 is 15.9 Å². The zero-order valence-electron chi connectivity index (χ0n) is 17.8. The molecule has 0 atom stereocenters. The summed E-state index contributed by atoms with van der Waals surface area (Å²) < 4.78 is 36.0. The van der Waals surface area contributed by atoms with Crippen LogP contribution in [0.15, 0.2) is 76.6 Å². The van der Waals surface area contributed by atoms with Gasteiger partial charge in [-0.25, -0.2) is 8.42 Å². The third kappa shape index (κ3) is 4.95. The van der Waals surface area contributed by atoms with Gasteiger partial charge >= 0.3 is 0 Å². The molecule has 10 heteroatoms. The summed E-state index contributed by atoms with van der Waals surface area (Å²) in [5, 5.41) is 0.437. The van der Waals surface area contributed by atoms with Crippen LogP contribution in [-0.4, -0.2) is 26.0 Å². The Hall–Kier alpha value is -3.14. The third-order valence-electron chi connectivity index (χ3n) is 4.89. The number of sulfonamides is 1. The SMILES string of the molecule is CCn1c(=NC(=O)c2cccc(NS(=O)(=O)c3ccc(Cl)cc3)c2)sc2cc(OC)ccc21. The summed E-state index contributed by atoms with van der Waals surface area (Å²) in [6.45, 7) is 2.62. The molecular weight excluding hydrogens is 482 g/mol. The Morgan fingerprint density at radius 1 is 1.12 bits per heavy atom. The number of rotatable bonds is 6. The molecule has 0 radical (unpaired) electrons. The Morgan fingerprint density at radius 3 is 2.58 bits per heavy atom. The average Bonchev–Trinajstić information content (AvgIpc) is 3.15. The Bertz CT molecular complexity index is 1510. The topological polar surface area (TPSA) is 89.8 Å². The van der Waals surface area contributed by atoms with Gasteiger partial charge in [-0.2, -0.15) is 4.99 Å². The molecule has 0 fully saturated rings. The van der Waals surface area contributed by atoms with E-state index in [0.29, 0.717) is 16.4 Å². The summed E-state index contributed by atoms with van der Waals surface area (Å²) in [5.74, 6) is 0.258. The van der Waals surface area contributed by atoms with Crippen molar-refractivity contribution < 1.29 is 17.9 Å². The highest BCUT2D eigenvalue weighted by atomic mass is 35.5. The number of aryl methyl sites for hydroxylation is 1. The predicted molar refractivity (Wildman–Crippen MR) is 131 cm³/mol. The largest absolute Gasteiger partial charge is 0.497 e. The number of hydrogen-bond acceptors (Lipinski definition) is 5. The normalized spacial score (nSPS) is 12.2. The number of halogens is 1. The van der Waals surface area contributed by atoms with Crippen LogP contribution in [0.3, 0.4) is 0 Å². The van der Waals surface area contributed by atoms with Gasteiger partial charge in [0.1, 0.15) is 5.75 Å². The number of ether oxygens (including phenoxy) is 1. The van der Waals surface area contributed by atoms with Crippen molar-refractivity contribution in [1.82, 2.24) is 4.57 Å². The molecule has 4 aromatic rings. The van der Waals surface area contributed by atoms with Gasteiger partial charge in [0.05, 0.1) is 22.2 Å². The number of anilines is 1. The summed E-state index contributed by atoms with van der Waals surface area (Å²) in [4.78, 5) is 17.8. The molecule has 1 aromatic heterocycles. The maximum atomic E-state index is 12.9. The first kappa shape index (κ1) is 23.0. The van der Waals surface area contributed by atoms with Crippen LogP contribution in [-0.2, 0) is 16.6 Å². The number of methoxy groups -OCH3 is 1. The second-order valence-corrected chi connectivity index (χ2v) is 10.1. The summed E-state index contributed by atoms with van der Waals surface area (Å²) in [6, 6.07) is 17.8. The van der Waals surface area contributed by atoms with Crippen molar-refractivity contribution in [2.45, 2.75) is 18.4 Å². The fourth-order valence-corrected chi connectivity index (χ4v) is 5.56. The third-order valence-corrected chi connectivity index (χ3v) is 7.58. The van der Waals surface area contributed by atoms with E-state index >= 15 is 0 Å². The monoisotopic (exact) mass is 501 g/mol. The summed E-state index contributed by atoms with van der Waals surface area (Å²) in [5.41, 5.74) is 1.48. The molecule has 1 heterocycles. The summed E-state index contributed by atoms with van der Waals surface area (Å²) in [6.07, 6.45) is 0. The number of nitrogens with zero attached hydrogens (tertiary/aromatic N) is 2. The van der Waals surface area contributed by atoms with Gasteiger partial charge in [0.2, 0.25) is 0 Å². The van der Waals surface area contributed by atoms with Crippen molar-refractivity contribution >= 4 is 54.8 Å². The van der Waals surface area contributed by atoms with Gasteiger partial charge in [-0.05, 0) is 67.6 Å². The molecule has 0 saturated carbocycles. The first-order valence-electron chi connectivity index (χ1n) is 9.95. The second kappa shape index (κ2) is 9.38. The van der Waals surface area contributed by atoms with Gasteiger partial charge < -0.3 is 9.30 Å². The van der Waals surface area contributed by atoms with Crippen molar-refractivity contribution in [3.63, 3.8) is 0 Å². The zero-order chi connectivity index (χ0) is 23.6. The van der Waals surface area contributed by atoms with E-state index in [-0.39, 0.29) is 16.1 Å². The molecule has 1 amide bonds. The minimum Gasteiger partial charge on any atom is -0.497 e. The van der Waals surface area contributed by atoms with E-state index in [0.717, 1.165) is 16.0 Å². The lowest BCUT2D eigenvalue weighted by atomic mass is 10.2. The van der Waals surface area contributed by atoms with Crippen LogP contribution in [0.5, 0.6) is 5.75 Å². The molecule has 7 nitrogen and oxygen atoms in total. The van der Waals surface area contributed by atoms with E-state index in [1.54, 1.807) is 25.3 Å². The lowest BCUT2D eigenvalue weighted by Gasteiger charge is -2.09. The molecule has 170 valence electrons. The van der Waals surface area contributed by atoms with Gasteiger partial charge in [0.25, 0.3) is 15.9 Å². The first-order chi connectivity index (χ1) is 15.8. The number of hydrogen-bond donors (Lipinski definition) is 1. The summed E-state index contributed by atoms with van der Waals surface area (Å²) >= 11 is 7.22. The predicted octanol–water partition coefficient (Wildman–Crippen LogP) is 4.93. The number of amides is 1. The smallest absolute Gasteiger partial charge is 0.279 e. The molecule has 0 saturated heterocycles. The fourth-order valence-electron chi connectivity index (χ4n) is 3.27. The van der Waals surface area contributed by atoms with E-state index in [9.17, 15) is 13.2 Å². The number of thiazole rings is 1. The quantitative estimate of drug-likeness (QED) is 0.406.